The van der Waals surface area contributed by atoms with Crippen molar-refractivity contribution in [3.05, 3.63) is 30.3 Å². The van der Waals surface area contributed by atoms with Crippen LogP contribution in [0, 0.1) is 0 Å². The normalized spacial score (nSPS) is 18.4. The maximum absolute atomic E-state index is 12.8. The summed E-state index contributed by atoms with van der Waals surface area (Å²) in [7, 11) is 0. The molecule has 2 rings (SSSR count). The summed E-state index contributed by atoms with van der Waals surface area (Å²) >= 11 is 1.71. The number of aliphatic hydroxyl groups is 1. The van der Waals surface area contributed by atoms with Crippen LogP contribution in [0.3, 0.4) is 0 Å². The Morgan fingerprint density at radius 2 is 1.13 bits per heavy atom. The van der Waals surface area contributed by atoms with Gasteiger partial charge in [0.05, 0.1) is 6.10 Å². The predicted molar refractivity (Wildman–Crippen MR) is 221 cm³/mol. The first-order valence-corrected chi connectivity index (χ1v) is 23.0. The third-order valence-corrected chi connectivity index (χ3v) is 12.5. The molecule has 0 spiro atoms. The number of unbranched alkanes of at least 4 members (excludes halogenated alkanes) is 25. The van der Waals surface area contributed by atoms with E-state index in [2.05, 4.69) is 19.1 Å². The summed E-state index contributed by atoms with van der Waals surface area (Å²) in [5.41, 5.74) is 0. The monoisotopic (exact) mass is 745 g/mol. The van der Waals surface area contributed by atoms with Gasteiger partial charge in [0.1, 0.15) is 17.0 Å². The smallest absolute Gasteiger partial charge is 0.322 e. The van der Waals surface area contributed by atoms with E-state index in [1.165, 1.54) is 148 Å². The van der Waals surface area contributed by atoms with E-state index in [1.807, 2.05) is 25.1 Å². The molecule has 4 atom stereocenters. The largest absolute Gasteiger partial charge is 0.462 e. The average Bonchev–Trinajstić information content (AvgIpc) is 3.40. The van der Waals surface area contributed by atoms with Gasteiger partial charge in [-0.2, -0.15) is 0 Å². The van der Waals surface area contributed by atoms with Crippen LogP contribution in [-0.4, -0.2) is 40.1 Å². The van der Waals surface area contributed by atoms with Gasteiger partial charge < -0.3 is 14.6 Å². The van der Waals surface area contributed by atoms with Crippen molar-refractivity contribution in [2.45, 2.75) is 248 Å². The van der Waals surface area contributed by atoms with Crippen LogP contribution < -0.4 is 0 Å². The topological polar surface area (TPSA) is 72.8 Å². The van der Waals surface area contributed by atoms with Crippen molar-refractivity contribution in [3.63, 3.8) is 0 Å². The molecule has 1 aliphatic heterocycles. The summed E-state index contributed by atoms with van der Waals surface area (Å²) in [4.78, 5) is 25.6. The van der Waals surface area contributed by atoms with Crippen molar-refractivity contribution in [3.8, 4) is 0 Å². The second-order valence-electron chi connectivity index (χ2n) is 16.1. The number of thioether (sulfide) groups is 1. The SMILES string of the molecule is CCCCCCCCCCCCCC[C@@H](O)[C@@H](CCCCCCCCCCCCCCCCCC1(Sc2ccccc2)C[C@H](C)OC1=O)OC(C)=O. The number of esters is 2. The lowest BCUT2D eigenvalue weighted by atomic mass is 9.96. The second-order valence-corrected chi connectivity index (χ2v) is 17.5. The molecular weight excluding hydrogens is 665 g/mol. The van der Waals surface area contributed by atoms with Crippen LogP contribution in [0.1, 0.15) is 220 Å². The first kappa shape index (κ1) is 46.6. The molecule has 0 aromatic heterocycles. The summed E-state index contributed by atoms with van der Waals surface area (Å²) < 4.78 is 10.7. The van der Waals surface area contributed by atoms with Crippen LogP contribution in [0.2, 0.25) is 0 Å². The van der Waals surface area contributed by atoms with Crippen molar-refractivity contribution in [1.82, 2.24) is 0 Å². The summed E-state index contributed by atoms with van der Waals surface area (Å²) in [6, 6.07) is 10.3. The van der Waals surface area contributed by atoms with E-state index < -0.39 is 10.9 Å². The maximum Gasteiger partial charge on any atom is 0.322 e. The summed E-state index contributed by atoms with van der Waals surface area (Å²) in [5.74, 6) is -0.292. The highest BCUT2D eigenvalue weighted by atomic mass is 32.2. The van der Waals surface area contributed by atoms with Gasteiger partial charge in [-0.15, -0.1) is 11.8 Å². The Hall–Kier alpha value is -1.53. The summed E-state index contributed by atoms with van der Waals surface area (Å²) in [5, 5.41) is 10.8. The third kappa shape index (κ3) is 22.6. The van der Waals surface area contributed by atoms with Gasteiger partial charge in [0.2, 0.25) is 0 Å². The number of rotatable bonds is 35. The zero-order chi connectivity index (χ0) is 37.5. The highest BCUT2D eigenvalue weighted by molar-refractivity contribution is 8.01. The van der Waals surface area contributed by atoms with Crippen molar-refractivity contribution in [2.75, 3.05) is 0 Å². The van der Waals surface area contributed by atoms with Gasteiger partial charge in [-0.25, -0.2) is 0 Å². The van der Waals surface area contributed by atoms with Gasteiger partial charge in [0.15, 0.2) is 0 Å². The molecule has 5 nitrogen and oxygen atoms in total. The Bertz CT molecular complexity index is 1000. The molecular formula is C46H80O5S. The minimum absolute atomic E-state index is 0.0148. The van der Waals surface area contributed by atoms with Crippen molar-refractivity contribution in [1.29, 1.82) is 0 Å². The van der Waals surface area contributed by atoms with Crippen molar-refractivity contribution >= 4 is 23.7 Å². The fourth-order valence-corrected chi connectivity index (χ4v) is 9.35. The molecule has 0 saturated carbocycles. The van der Waals surface area contributed by atoms with Crippen LogP contribution in [0.25, 0.3) is 0 Å². The predicted octanol–water partition coefficient (Wildman–Crippen LogP) is 13.9. The molecule has 1 heterocycles. The Morgan fingerprint density at radius 1 is 0.712 bits per heavy atom. The molecule has 300 valence electrons. The summed E-state index contributed by atoms with van der Waals surface area (Å²) in [6.45, 7) is 5.76. The number of ether oxygens (including phenoxy) is 2. The van der Waals surface area contributed by atoms with E-state index in [1.54, 1.807) is 11.8 Å². The molecule has 0 bridgehead atoms. The second kappa shape index (κ2) is 30.8. The highest BCUT2D eigenvalue weighted by Gasteiger charge is 2.48. The van der Waals surface area contributed by atoms with Gasteiger partial charge in [-0.1, -0.05) is 192 Å². The Balaban J connectivity index is 1.39. The first-order chi connectivity index (χ1) is 25.4. The van der Waals surface area contributed by atoms with Gasteiger partial charge in [0.25, 0.3) is 0 Å². The quantitative estimate of drug-likeness (QED) is 0.0551. The Kier molecular flexibility index (Phi) is 27.6. The Labute approximate surface area is 324 Å². The maximum atomic E-state index is 12.8. The van der Waals surface area contributed by atoms with Gasteiger partial charge in [-0.05, 0) is 44.7 Å². The van der Waals surface area contributed by atoms with E-state index in [0.717, 1.165) is 62.7 Å². The van der Waals surface area contributed by atoms with Crippen LogP contribution >= 0.6 is 11.8 Å². The number of hydrogen-bond acceptors (Lipinski definition) is 6. The van der Waals surface area contributed by atoms with Crippen LogP contribution in [0.5, 0.6) is 0 Å². The van der Waals surface area contributed by atoms with Crippen LogP contribution in [0.15, 0.2) is 35.2 Å². The molecule has 1 N–H and O–H groups in total. The number of hydrogen-bond donors (Lipinski definition) is 1. The molecule has 1 aliphatic rings. The van der Waals surface area contributed by atoms with Gasteiger partial charge >= 0.3 is 11.9 Å². The standard InChI is InChI=1S/C46H80O5S/c1-4-5-6-7-8-9-10-16-19-22-25-31-36-43(48)44(51-41(3)47)37-32-26-23-20-17-14-12-11-13-15-18-21-24-27-33-38-46(39-40(2)50-45(46)49)52-42-34-29-28-30-35-42/h28-30,34-35,40,43-44,48H,4-27,31-33,36-39H2,1-3H3/t40-,43+,44+,46?/m0/s1. The van der Waals surface area contributed by atoms with Crippen molar-refractivity contribution < 1.29 is 24.2 Å². The minimum atomic E-state index is -0.531. The van der Waals surface area contributed by atoms with E-state index in [0.29, 0.717) is 0 Å². The summed E-state index contributed by atoms with van der Waals surface area (Å²) in [6.07, 6.45) is 37.0. The van der Waals surface area contributed by atoms with E-state index >= 15 is 0 Å². The molecule has 1 unspecified atom stereocenters. The lowest BCUT2D eigenvalue weighted by Gasteiger charge is -2.24. The number of carbonyl (C=O) groups excluding carboxylic acids is 2. The average molecular weight is 745 g/mol. The lowest BCUT2D eigenvalue weighted by Crippen LogP contribution is -2.30. The van der Waals surface area contributed by atoms with Gasteiger partial charge in [-0.3, -0.25) is 9.59 Å². The number of aliphatic hydroxyl groups excluding tert-OH is 1. The molecule has 1 aromatic carbocycles. The first-order valence-electron chi connectivity index (χ1n) is 22.2. The number of carbonyl (C=O) groups is 2. The molecule has 0 radical (unpaired) electrons. The minimum Gasteiger partial charge on any atom is -0.462 e. The molecule has 1 aromatic rings. The third-order valence-electron chi connectivity index (χ3n) is 11.0. The van der Waals surface area contributed by atoms with Crippen molar-refractivity contribution in [2.24, 2.45) is 0 Å². The van der Waals surface area contributed by atoms with E-state index in [4.69, 9.17) is 9.47 Å². The van der Waals surface area contributed by atoms with Crippen LogP contribution in [-0.2, 0) is 19.1 Å². The van der Waals surface area contributed by atoms with Gasteiger partial charge in [0, 0.05) is 18.2 Å². The number of cyclic esters (lactones) is 1. The van der Waals surface area contributed by atoms with E-state index in [-0.39, 0.29) is 24.1 Å². The molecule has 6 heteroatoms. The molecule has 0 aliphatic carbocycles. The molecule has 1 saturated heterocycles. The zero-order valence-corrected chi connectivity index (χ0v) is 34.8. The highest BCUT2D eigenvalue weighted by Crippen LogP contribution is 2.46. The molecule has 52 heavy (non-hydrogen) atoms. The fourth-order valence-electron chi connectivity index (χ4n) is 7.91. The lowest BCUT2D eigenvalue weighted by molar-refractivity contribution is -0.153. The molecule has 1 fully saturated rings. The van der Waals surface area contributed by atoms with E-state index in [9.17, 15) is 14.7 Å². The fraction of sp³-hybridized carbons (Fsp3) is 0.826. The molecule has 0 amide bonds. The Morgan fingerprint density at radius 3 is 1.56 bits per heavy atom. The van der Waals surface area contributed by atoms with Crippen LogP contribution in [0.4, 0.5) is 0 Å². The number of benzene rings is 1. The zero-order valence-electron chi connectivity index (χ0n) is 34.0.